The van der Waals surface area contributed by atoms with Crippen LogP contribution in [-0.4, -0.2) is 11.7 Å². The Morgan fingerprint density at radius 3 is 1.30 bits per heavy atom. The molecular weight excluding hydrogens is 819 g/mol. The number of aromatic nitrogens is 1. The summed E-state index contributed by atoms with van der Waals surface area (Å²) in [6, 6.07) is 87.1. The fraction of sp³-hybridized carbons (Fsp3) is 0.0345. The zero-order chi connectivity index (χ0) is 43.5. The molecule has 4 nitrogen and oxygen atoms in total. The lowest BCUT2D eigenvalue weighted by atomic mass is 10.1. The van der Waals surface area contributed by atoms with Crippen LogP contribution in [0.25, 0.3) is 27.5 Å². The molecule has 0 aliphatic carbocycles. The number of hydrogen-bond acceptors (Lipinski definition) is 3. The van der Waals surface area contributed by atoms with Gasteiger partial charge in [0.2, 0.25) is 0 Å². The highest BCUT2D eigenvalue weighted by Gasteiger charge is 2.35. The van der Waals surface area contributed by atoms with Crippen molar-refractivity contribution in [2.24, 2.45) is 0 Å². The van der Waals surface area contributed by atoms with Gasteiger partial charge in [0.15, 0.2) is 0 Å². The maximum absolute atomic E-state index is 9.89. The number of fused-ring (bicyclic) bond motifs is 3. The summed E-state index contributed by atoms with van der Waals surface area (Å²) in [5.74, 6) is 1.56. The molecule has 0 atom stereocenters. The fourth-order valence-corrected chi connectivity index (χ4v) is 16.8. The second-order valence-electron chi connectivity index (χ2n) is 15.6. The lowest BCUT2D eigenvalue weighted by Gasteiger charge is -2.42. The summed E-state index contributed by atoms with van der Waals surface area (Å²) < 4.78 is 8.00. The third-order valence-electron chi connectivity index (χ3n) is 12.1. The molecule has 0 amide bonds. The van der Waals surface area contributed by atoms with Crippen LogP contribution in [-0.2, 0) is 5.75 Å². The van der Waals surface area contributed by atoms with Crippen LogP contribution in [0.3, 0.4) is 0 Å². The van der Waals surface area contributed by atoms with Crippen molar-refractivity contribution in [2.75, 3.05) is 7.11 Å². The van der Waals surface area contributed by atoms with Crippen LogP contribution >= 0.6 is 20.1 Å². The maximum Gasteiger partial charge on any atom is 0.119 e. The summed E-state index contributed by atoms with van der Waals surface area (Å²) in [5.41, 5.74) is 5.70. The predicted molar refractivity (Wildman–Crippen MR) is 262 cm³/mol. The van der Waals surface area contributed by atoms with E-state index >= 15 is 0 Å². The van der Waals surface area contributed by atoms with E-state index in [1.807, 2.05) is 36.4 Å². The van der Waals surface area contributed by atoms with Crippen LogP contribution in [0.1, 0.15) is 16.7 Å². The van der Waals surface area contributed by atoms with Gasteiger partial charge < -0.3 is 9.30 Å². The largest absolute Gasteiger partial charge is 0.497 e. The molecule has 0 radical (unpaired) electrons. The lowest BCUT2D eigenvalue weighted by Crippen LogP contribution is -2.07. The zero-order valence-corrected chi connectivity index (χ0v) is 36.8. The summed E-state index contributed by atoms with van der Waals surface area (Å²) in [6.07, 6.45) is 0. The van der Waals surface area contributed by atoms with Crippen LogP contribution in [0.15, 0.2) is 265 Å². The number of hydrogen-bond donors (Lipinski definition) is 0. The molecule has 10 rings (SSSR count). The molecular formula is C58H43N3OS2. The summed E-state index contributed by atoms with van der Waals surface area (Å²) in [4.78, 5) is 8.56. The number of methoxy groups -OCH3 is 1. The van der Waals surface area contributed by atoms with Crippen LogP contribution in [0.5, 0.6) is 5.75 Å². The van der Waals surface area contributed by atoms with E-state index in [0.717, 1.165) is 43.9 Å². The van der Waals surface area contributed by atoms with Gasteiger partial charge in [-0.2, -0.15) is 20.6 Å². The van der Waals surface area contributed by atoms with Gasteiger partial charge in [-0.25, -0.2) is 0 Å². The third-order valence-corrected chi connectivity index (χ3v) is 20.0. The molecule has 10 aromatic rings. The molecule has 64 heavy (non-hydrogen) atoms. The standard InChI is InChI=1S/C58H43N3OS2/c1-62-47-30-28-46(29-31-47)61-57-36-34-53(63(48-14-6-2-7-15-48,49-16-8-3-9-17-49)42-45-24-22-43(40-59)23-25-45)38-55(57)56-39-54(35-37-58(56)61)64(50-18-10-4-11-19-50,51-20-12-5-13-21-51)52-32-26-44(41-60)27-33-52/h2-39H,42H2,1H3. The van der Waals surface area contributed by atoms with E-state index in [4.69, 9.17) is 4.74 Å². The van der Waals surface area contributed by atoms with Crippen LogP contribution in [0, 0.1) is 22.7 Å². The van der Waals surface area contributed by atoms with E-state index < -0.39 is 20.1 Å². The van der Waals surface area contributed by atoms with Crippen molar-refractivity contribution < 1.29 is 4.74 Å². The van der Waals surface area contributed by atoms with Crippen molar-refractivity contribution >= 4 is 41.9 Å². The molecule has 0 bridgehead atoms. The van der Waals surface area contributed by atoms with Crippen molar-refractivity contribution in [3.05, 3.63) is 247 Å². The Bertz CT molecular complexity index is 3240. The molecule has 1 heterocycles. The average Bonchev–Trinajstić information content (AvgIpc) is 3.70. The topological polar surface area (TPSA) is 61.7 Å². The van der Waals surface area contributed by atoms with Crippen molar-refractivity contribution in [3.8, 4) is 23.6 Å². The fourth-order valence-electron chi connectivity index (χ4n) is 9.09. The van der Waals surface area contributed by atoms with Crippen molar-refractivity contribution in [3.63, 3.8) is 0 Å². The van der Waals surface area contributed by atoms with E-state index in [2.05, 4.69) is 211 Å². The van der Waals surface area contributed by atoms with Gasteiger partial charge in [-0.15, -0.1) is 10.0 Å². The van der Waals surface area contributed by atoms with Crippen molar-refractivity contribution in [2.45, 2.75) is 40.0 Å². The van der Waals surface area contributed by atoms with Gasteiger partial charge >= 0.3 is 0 Å². The van der Waals surface area contributed by atoms with Crippen LogP contribution in [0.2, 0.25) is 0 Å². The van der Waals surface area contributed by atoms with Crippen molar-refractivity contribution in [1.82, 2.24) is 4.57 Å². The first-order chi connectivity index (χ1) is 31.6. The number of nitriles is 2. The van der Waals surface area contributed by atoms with Crippen molar-refractivity contribution in [1.29, 1.82) is 10.5 Å². The highest BCUT2D eigenvalue weighted by atomic mass is 32.3. The molecule has 308 valence electrons. The van der Waals surface area contributed by atoms with Crippen LogP contribution < -0.4 is 4.74 Å². The Hall–Kier alpha value is -7.74. The second-order valence-corrected chi connectivity index (χ2v) is 21.9. The molecule has 0 N–H and O–H groups in total. The van der Waals surface area contributed by atoms with Crippen LogP contribution in [0.4, 0.5) is 0 Å². The molecule has 0 saturated heterocycles. The van der Waals surface area contributed by atoms with Gasteiger partial charge in [-0.05, 0) is 166 Å². The smallest absolute Gasteiger partial charge is 0.119 e. The van der Waals surface area contributed by atoms with Gasteiger partial charge in [0.25, 0.3) is 0 Å². The Labute approximate surface area is 377 Å². The summed E-state index contributed by atoms with van der Waals surface area (Å²) in [7, 11) is -2.32. The minimum Gasteiger partial charge on any atom is -0.497 e. The van der Waals surface area contributed by atoms with E-state index in [0.29, 0.717) is 11.1 Å². The quantitative estimate of drug-likeness (QED) is 0.130. The van der Waals surface area contributed by atoms with Gasteiger partial charge in [0.1, 0.15) is 5.75 Å². The average molecular weight is 862 g/mol. The molecule has 0 unspecified atom stereocenters. The third kappa shape index (κ3) is 6.91. The summed E-state index contributed by atoms with van der Waals surface area (Å²) in [5, 5.41) is 21.9. The summed E-state index contributed by atoms with van der Waals surface area (Å²) >= 11 is 0. The summed E-state index contributed by atoms with van der Waals surface area (Å²) in [6.45, 7) is 0. The molecule has 1 aromatic heterocycles. The van der Waals surface area contributed by atoms with Gasteiger partial charge in [0, 0.05) is 41.8 Å². The van der Waals surface area contributed by atoms with E-state index in [1.165, 1.54) is 34.9 Å². The first kappa shape index (κ1) is 40.3. The molecule has 0 spiro atoms. The van der Waals surface area contributed by atoms with Gasteiger partial charge in [-0.3, -0.25) is 0 Å². The van der Waals surface area contributed by atoms with E-state index in [9.17, 15) is 10.5 Å². The first-order valence-corrected chi connectivity index (χ1v) is 24.6. The number of nitrogens with zero attached hydrogens (tertiary/aromatic N) is 3. The monoisotopic (exact) mass is 861 g/mol. The lowest BCUT2D eigenvalue weighted by molar-refractivity contribution is 0.415. The Morgan fingerprint density at radius 2 is 0.828 bits per heavy atom. The normalized spacial score (nSPS) is 12.0. The SMILES string of the molecule is COc1ccc(-n2c3ccc(S(Cc4ccc(C#N)cc4)(c4ccccc4)c4ccccc4)cc3c3cc(S(c4ccccc4)(c4ccccc4)c4ccc(C#N)cc4)ccc32)cc1. The minimum absolute atomic E-state index is 0.632. The first-order valence-electron chi connectivity index (χ1n) is 21.1. The molecule has 9 aromatic carbocycles. The molecule has 0 aliphatic rings. The molecule has 0 aliphatic heterocycles. The Morgan fingerprint density at radius 1 is 0.422 bits per heavy atom. The van der Waals surface area contributed by atoms with Gasteiger partial charge in [-0.1, -0.05) is 84.9 Å². The highest BCUT2D eigenvalue weighted by Crippen LogP contribution is 2.74. The highest BCUT2D eigenvalue weighted by molar-refractivity contribution is 8.34. The Kier molecular flexibility index (Phi) is 10.8. The predicted octanol–water partition coefficient (Wildman–Crippen LogP) is 15.4. The molecule has 6 heteroatoms. The number of benzene rings is 9. The maximum atomic E-state index is 9.89. The Balaban J connectivity index is 1.31. The molecule has 0 fully saturated rings. The number of rotatable bonds is 11. The zero-order valence-electron chi connectivity index (χ0n) is 35.2. The van der Waals surface area contributed by atoms with E-state index in [-0.39, 0.29) is 0 Å². The molecule has 0 saturated carbocycles. The second kappa shape index (κ2) is 17.2. The van der Waals surface area contributed by atoms with Gasteiger partial charge in [0.05, 0.1) is 41.4 Å². The minimum atomic E-state index is -2.08. The van der Waals surface area contributed by atoms with E-state index in [1.54, 1.807) is 7.11 Å². The number of ether oxygens (including phenoxy) is 1.